The summed E-state index contributed by atoms with van der Waals surface area (Å²) in [4.78, 5) is 7.90. The minimum atomic E-state index is -0.729. The fourth-order valence-corrected chi connectivity index (χ4v) is 1.39. The Morgan fingerprint density at radius 1 is 1.41 bits per heavy atom. The smallest absolute Gasteiger partial charge is 0.225 e. The van der Waals surface area contributed by atoms with E-state index < -0.39 is 5.60 Å². The number of aliphatic hydroxyl groups is 1. The van der Waals surface area contributed by atoms with Crippen LogP contribution >= 0.6 is 0 Å². The molecule has 1 aromatic rings. The summed E-state index contributed by atoms with van der Waals surface area (Å²) >= 11 is 0. The molecule has 1 heterocycles. The van der Waals surface area contributed by atoms with Crippen LogP contribution in [0.15, 0.2) is 6.07 Å². The van der Waals surface area contributed by atoms with E-state index in [1.165, 1.54) is 7.11 Å². The van der Waals surface area contributed by atoms with Crippen molar-refractivity contribution in [1.82, 2.24) is 9.97 Å². The maximum atomic E-state index is 10.1. The highest BCUT2D eigenvalue weighted by Gasteiger charge is 2.21. The molecule has 96 valence electrons. The zero-order chi connectivity index (χ0) is 12.9. The van der Waals surface area contributed by atoms with E-state index in [0.717, 1.165) is 0 Å². The molecule has 0 saturated carbocycles. The number of nitrogens with one attached hydrogen (secondary N) is 1. The first-order chi connectivity index (χ1) is 8.03. The van der Waals surface area contributed by atoms with Gasteiger partial charge in [-0.1, -0.05) is 13.8 Å². The molecule has 0 aliphatic rings. The van der Waals surface area contributed by atoms with E-state index in [1.807, 2.05) is 13.8 Å². The Bertz CT molecular complexity index is 366. The van der Waals surface area contributed by atoms with Crippen LogP contribution in [0.3, 0.4) is 0 Å². The lowest BCUT2D eigenvalue weighted by Crippen LogP contribution is -2.35. The third kappa shape index (κ3) is 3.74. The summed E-state index contributed by atoms with van der Waals surface area (Å²) in [6.45, 7) is 4.31. The van der Waals surface area contributed by atoms with Crippen LogP contribution in [-0.4, -0.2) is 34.3 Å². The number of nitrogen functional groups attached to an aromatic ring is 1. The van der Waals surface area contributed by atoms with Gasteiger partial charge in [0.1, 0.15) is 5.82 Å². The first kappa shape index (κ1) is 13.5. The summed E-state index contributed by atoms with van der Waals surface area (Å²) in [5.41, 5.74) is 4.81. The second-order valence-electron chi connectivity index (χ2n) is 3.94. The van der Waals surface area contributed by atoms with Crippen LogP contribution in [0.25, 0.3) is 0 Å². The first-order valence-corrected chi connectivity index (χ1v) is 5.67. The van der Waals surface area contributed by atoms with Gasteiger partial charge in [-0.15, -0.1) is 0 Å². The van der Waals surface area contributed by atoms with E-state index in [0.29, 0.717) is 31.1 Å². The minimum Gasteiger partial charge on any atom is -0.481 e. The van der Waals surface area contributed by atoms with Crippen molar-refractivity contribution in [1.29, 1.82) is 0 Å². The number of rotatable bonds is 6. The molecule has 0 fully saturated rings. The average molecular weight is 240 g/mol. The molecular formula is C11H20N4O2. The molecule has 0 aliphatic carbocycles. The number of methoxy groups -OCH3 is 1. The molecule has 0 spiro atoms. The summed E-state index contributed by atoms with van der Waals surface area (Å²) in [6, 6.07) is 1.64. The van der Waals surface area contributed by atoms with E-state index in [1.54, 1.807) is 6.07 Å². The van der Waals surface area contributed by atoms with Gasteiger partial charge in [0.15, 0.2) is 0 Å². The molecule has 0 unspecified atom stereocenters. The zero-order valence-corrected chi connectivity index (χ0v) is 10.5. The molecule has 0 radical (unpaired) electrons. The van der Waals surface area contributed by atoms with Gasteiger partial charge in [-0.3, -0.25) is 0 Å². The molecule has 0 bridgehead atoms. The normalized spacial score (nSPS) is 11.3. The predicted octanol–water partition coefficient (Wildman–Crippen LogP) is 1.03. The number of ether oxygens (including phenoxy) is 1. The number of anilines is 2. The quantitative estimate of drug-likeness (QED) is 0.687. The molecule has 17 heavy (non-hydrogen) atoms. The van der Waals surface area contributed by atoms with Crippen LogP contribution in [0.4, 0.5) is 11.8 Å². The minimum absolute atomic E-state index is 0.142. The molecule has 0 amide bonds. The van der Waals surface area contributed by atoms with Gasteiger partial charge < -0.3 is 20.9 Å². The van der Waals surface area contributed by atoms with Crippen LogP contribution in [0.5, 0.6) is 5.88 Å². The Morgan fingerprint density at radius 3 is 2.59 bits per heavy atom. The highest BCUT2D eigenvalue weighted by molar-refractivity contribution is 5.43. The standard InChI is InChI=1S/C11H20N4O2/c1-4-11(16,5-2)7-13-8-6-9(17-3)15-10(12)14-8/h6,16H,4-5,7H2,1-3H3,(H3,12,13,14,15). The molecule has 0 aromatic carbocycles. The lowest BCUT2D eigenvalue weighted by molar-refractivity contribution is 0.0456. The van der Waals surface area contributed by atoms with Gasteiger partial charge in [-0.05, 0) is 12.8 Å². The van der Waals surface area contributed by atoms with Crippen LogP contribution in [0.2, 0.25) is 0 Å². The summed E-state index contributed by atoms with van der Waals surface area (Å²) < 4.78 is 4.99. The molecule has 0 atom stereocenters. The molecule has 6 nitrogen and oxygen atoms in total. The fourth-order valence-electron chi connectivity index (χ4n) is 1.39. The van der Waals surface area contributed by atoms with E-state index in [9.17, 15) is 5.11 Å². The van der Waals surface area contributed by atoms with Crippen molar-refractivity contribution in [3.8, 4) is 5.88 Å². The van der Waals surface area contributed by atoms with Crippen LogP contribution in [0.1, 0.15) is 26.7 Å². The number of aromatic nitrogens is 2. The highest BCUT2D eigenvalue weighted by Crippen LogP contribution is 2.18. The number of hydrogen-bond donors (Lipinski definition) is 3. The van der Waals surface area contributed by atoms with Crippen LogP contribution in [0, 0.1) is 0 Å². The van der Waals surface area contributed by atoms with Gasteiger partial charge in [0.05, 0.1) is 12.7 Å². The Hall–Kier alpha value is -1.56. The predicted molar refractivity (Wildman–Crippen MR) is 67.0 cm³/mol. The Balaban J connectivity index is 2.72. The number of nitrogens with two attached hydrogens (primary N) is 1. The summed E-state index contributed by atoms with van der Waals surface area (Å²) in [5.74, 6) is 1.09. The second-order valence-corrected chi connectivity index (χ2v) is 3.94. The van der Waals surface area contributed by atoms with Crippen molar-refractivity contribution >= 4 is 11.8 Å². The molecule has 1 rings (SSSR count). The summed E-state index contributed by atoms with van der Waals surface area (Å²) in [5, 5.41) is 13.2. The highest BCUT2D eigenvalue weighted by atomic mass is 16.5. The number of nitrogens with zero attached hydrogens (tertiary/aromatic N) is 2. The molecule has 4 N–H and O–H groups in total. The molecule has 6 heteroatoms. The van der Waals surface area contributed by atoms with Crippen molar-refractivity contribution < 1.29 is 9.84 Å². The first-order valence-electron chi connectivity index (χ1n) is 5.67. The maximum Gasteiger partial charge on any atom is 0.225 e. The molecular weight excluding hydrogens is 220 g/mol. The lowest BCUT2D eigenvalue weighted by atomic mass is 9.98. The third-order valence-electron chi connectivity index (χ3n) is 2.84. The van der Waals surface area contributed by atoms with Crippen molar-refractivity contribution in [2.45, 2.75) is 32.3 Å². The number of hydrogen-bond acceptors (Lipinski definition) is 6. The summed E-state index contributed by atoms with van der Waals surface area (Å²) in [7, 11) is 1.51. The van der Waals surface area contributed by atoms with Gasteiger partial charge in [0.2, 0.25) is 11.8 Å². The van der Waals surface area contributed by atoms with Crippen molar-refractivity contribution in [3.63, 3.8) is 0 Å². The van der Waals surface area contributed by atoms with Crippen molar-refractivity contribution in [2.24, 2.45) is 0 Å². The zero-order valence-electron chi connectivity index (χ0n) is 10.5. The Kier molecular flexibility index (Phi) is 4.51. The summed E-state index contributed by atoms with van der Waals surface area (Å²) in [6.07, 6.45) is 1.35. The fraction of sp³-hybridized carbons (Fsp3) is 0.636. The SMILES string of the molecule is CCC(O)(CC)CNc1cc(OC)nc(N)n1. The average Bonchev–Trinajstić information content (AvgIpc) is 2.35. The van der Waals surface area contributed by atoms with Gasteiger partial charge in [-0.2, -0.15) is 9.97 Å². The van der Waals surface area contributed by atoms with E-state index >= 15 is 0 Å². The van der Waals surface area contributed by atoms with Gasteiger partial charge in [-0.25, -0.2) is 0 Å². The van der Waals surface area contributed by atoms with Gasteiger partial charge >= 0.3 is 0 Å². The van der Waals surface area contributed by atoms with Crippen LogP contribution in [-0.2, 0) is 0 Å². The lowest BCUT2D eigenvalue weighted by Gasteiger charge is -2.25. The van der Waals surface area contributed by atoms with Crippen molar-refractivity contribution in [2.75, 3.05) is 24.7 Å². The maximum absolute atomic E-state index is 10.1. The van der Waals surface area contributed by atoms with Crippen molar-refractivity contribution in [3.05, 3.63) is 6.07 Å². The van der Waals surface area contributed by atoms with Crippen LogP contribution < -0.4 is 15.8 Å². The Labute approximate surface area is 101 Å². The molecule has 1 aromatic heterocycles. The third-order valence-corrected chi connectivity index (χ3v) is 2.84. The molecule has 0 saturated heterocycles. The van der Waals surface area contributed by atoms with E-state index in [-0.39, 0.29) is 5.95 Å². The second kappa shape index (κ2) is 5.67. The topological polar surface area (TPSA) is 93.3 Å². The molecule has 0 aliphatic heterocycles. The van der Waals surface area contributed by atoms with Gasteiger partial charge in [0, 0.05) is 12.6 Å². The van der Waals surface area contributed by atoms with E-state index in [4.69, 9.17) is 10.5 Å². The largest absolute Gasteiger partial charge is 0.481 e. The van der Waals surface area contributed by atoms with Gasteiger partial charge in [0.25, 0.3) is 0 Å². The van der Waals surface area contributed by atoms with E-state index in [2.05, 4.69) is 15.3 Å². The Morgan fingerprint density at radius 2 is 2.06 bits per heavy atom. The monoisotopic (exact) mass is 240 g/mol.